The van der Waals surface area contributed by atoms with Crippen molar-refractivity contribution in [3.05, 3.63) is 78.8 Å². The van der Waals surface area contributed by atoms with Gasteiger partial charge >= 0.3 is 5.97 Å². The third kappa shape index (κ3) is 3.45. The van der Waals surface area contributed by atoms with Gasteiger partial charge in [0.05, 0.1) is 23.6 Å². The predicted octanol–water partition coefficient (Wildman–Crippen LogP) is 3.29. The lowest BCUT2D eigenvalue weighted by molar-refractivity contribution is 0.0600. The van der Waals surface area contributed by atoms with Gasteiger partial charge in [-0.25, -0.2) is 4.79 Å². The number of nitrogens with one attached hydrogen (secondary N) is 2. The van der Waals surface area contributed by atoms with Gasteiger partial charge in [-0.2, -0.15) is 0 Å². The molecule has 0 aliphatic carbocycles. The molecule has 0 saturated carbocycles. The van der Waals surface area contributed by atoms with Crippen molar-refractivity contribution in [2.75, 3.05) is 7.11 Å². The van der Waals surface area contributed by atoms with E-state index in [1.807, 2.05) is 30.3 Å². The van der Waals surface area contributed by atoms with Gasteiger partial charge in [-0.05, 0) is 36.0 Å². The summed E-state index contributed by atoms with van der Waals surface area (Å²) < 4.78 is 6.73. The van der Waals surface area contributed by atoms with Crippen molar-refractivity contribution in [1.29, 1.82) is 0 Å². The standard InChI is InChI=1S/C20H15N3O4S2/c1-27-19(26)12-7-8-13-14(9-12)23-16(22-17(13)24)15(29-20(23)28)18(25)21-10-11-5-3-2-4-6-11/h2-9H,10H2,1H3,(H,21,25)(H,22,24). The zero-order valence-corrected chi connectivity index (χ0v) is 16.9. The number of aromatic nitrogens is 2. The summed E-state index contributed by atoms with van der Waals surface area (Å²) in [6.07, 6.45) is 0. The molecule has 0 atom stereocenters. The topological polar surface area (TPSA) is 92.7 Å². The van der Waals surface area contributed by atoms with Crippen LogP contribution in [0.1, 0.15) is 25.6 Å². The lowest BCUT2D eigenvalue weighted by Gasteiger charge is -2.06. The molecule has 0 aliphatic rings. The number of ether oxygens (including phenoxy) is 1. The Labute approximate surface area is 173 Å². The summed E-state index contributed by atoms with van der Waals surface area (Å²) in [5.74, 6) is -0.866. The normalized spacial score (nSPS) is 10.9. The molecule has 9 heteroatoms. The van der Waals surface area contributed by atoms with E-state index >= 15 is 0 Å². The molecule has 0 saturated heterocycles. The van der Waals surface area contributed by atoms with Crippen LogP contribution in [0.3, 0.4) is 0 Å². The fourth-order valence-corrected chi connectivity index (χ4v) is 4.35. The molecule has 1 amide bonds. The fourth-order valence-electron chi connectivity index (χ4n) is 3.05. The average molecular weight is 425 g/mol. The summed E-state index contributed by atoms with van der Waals surface area (Å²) in [5, 5.41) is 3.20. The highest BCUT2D eigenvalue weighted by Gasteiger charge is 2.19. The smallest absolute Gasteiger partial charge is 0.337 e. The number of fused-ring (bicyclic) bond motifs is 3. The van der Waals surface area contributed by atoms with Crippen LogP contribution in [0.2, 0.25) is 0 Å². The van der Waals surface area contributed by atoms with Crippen LogP contribution in [0.15, 0.2) is 53.3 Å². The molecule has 2 aromatic heterocycles. The SMILES string of the molecule is COC(=O)c1ccc2c(=O)[nH]c3c(C(=O)NCc4ccccc4)sc(=S)n3c2c1. The van der Waals surface area contributed by atoms with Gasteiger partial charge in [-0.1, -0.05) is 41.7 Å². The summed E-state index contributed by atoms with van der Waals surface area (Å²) in [7, 11) is 1.28. The van der Waals surface area contributed by atoms with E-state index in [1.165, 1.54) is 25.3 Å². The van der Waals surface area contributed by atoms with E-state index in [-0.39, 0.29) is 17.0 Å². The largest absolute Gasteiger partial charge is 0.465 e. The molecule has 0 bridgehead atoms. The highest BCUT2D eigenvalue weighted by atomic mass is 32.1. The number of hydrogen-bond acceptors (Lipinski definition) is 6. The van der Waals surface area contributed by atoms with E-state index in [4.69, 9.17) is 17.0 Å². The van der Waals surface area contributed by atoms with E-state index in [2.05, 4.69) is 10.3 Å². The summed E-state index contributed by atoms with van der Waals surface area (Å²) in [6, 6.07) is 14.1. The molecule has 0 aliphatic heterocycles. The van der Waals surface area contributed by atoms with Gasteiger partial charge in [-0.3, -0.25) is 14.0 Å². The number of carbonyl (C=O) groups is 2. The minimum Gasteiger partial charge on any atom is -0.465 e. The Morgan fingerprint density at radius 2 is 1.97 bits per heavy atom. The summed E-state index contributed by atoms with van der Waals surface area (Å²) in [5.41, 5.74) is 1.60. The van der Waals surface area contributed by atoms with Crippen LogP contribution >= 0.6 is 23.6 Å². The van der Waals surface area contributed by atoms with Crippen LogP contribution in [0, 0.1) is 3.95 Å². The molecule has 0 radical (unpaired) electrons. The first-order valence-electron chi connectivity index (χ1n) is 8.61. The Bertz CT molecular complexity index is 1370. The number of esters is 1. The summed E-state index contributed by atoms with van der Waals surface area (Å²) >= 11 is 6.54. The molecule has 4 rings (SSSR count). The number of H-pyrrole nitrogens is 1. The van der Waals surface area contributed by atoms with Crippen molar-refractivity contribution in [2.45, 2.75) is 6.54 Å². The van der Waals surface area contributed by atoms with E-state index in [9.17, 15) is 14.4 Å². The number of thiazole rings is 1. The van der Waals surface area contributed by atoms with Gasteiger partial charge in [-0.15, -0.1) is 0 Å². The minimum atomic E-state index is -0.525. The maximum atomic E-state index is 12.8. The van der Waals surface area contributed by atoms with Crippen LogP contribution in [-0.2, 0) is 11.3 Å². The second kappa shape index (κ2) is 7.61. The van der Waals surface area contributed by atoms with Crippen molar-refractivity contribution in [1.82, 2.24) is 14.7 Å². The number of rotatable bonds is 4. The van der Waals surface area contributed by atoms with E-state index in [0.29, 0.717) is 31.9 Å². The molecule has 29 heavy (non-hydrogen) atoms. The molecule has 2 heterocycles. The number of carbonyl (C=O) groups excluding carboxylic acids is 2. The molecule has 0 spiro atoms. The molecule has 7 nitrogen and oxygen atoms in total. The first-order chi connectivity index (χ1) is 14.0. The maximum absolute atomic E-state index is 12.8. The van der Waals surface area contributed by atoms with Crippen molar-refractivity contribution < 1.29 is 14.3 Å². The minimum absolute atomic E-state index is 0.287. The highest BCUT2D eigenvalue weighted by Crippen LogP contribution is 2.23. The van der Waals surface area contributed by atoms with Crippen LogP contribution < -0.4 is 10.9 Å². The molecular formula is C20H15N3O4S2. The average Bonchev–Trinajstić information content (AvgIpc) is 3.08. The predicted molar refractivity (Wildman–Crippen MR) is 113 cm³/mol. The van der Waals surface area contributed by atoms with Crippen LogP contribution in [0.25, 0.3) is 16.6 Å². The van der Waals surface area contributed by atoms with E-state index in [1.54, 1.807) is 4.40 Å². The van der Waals surface area contributed by atoms with Gasteiger partial charge in [0.2, 0.25) is 0 Å². The maximum Gasteiger partial charge on any atom is 0.337 e. The van der Waals surface area contributed by atoms with Crippen LogP contribution in [0.5, 0.6) is 0 Å². The summed E-state index contributed by atoms with van der Waals surface area (Å²) in [6.45, 7) is 0.348. The Morgan fingerprint density at radius 1 is 1.21 bits per heavy atom. The molecule has 2 N–H and O–H groups in total. The number of hydrogen-bond donors (Lipinski definition) is 2. The Kier molecular flexibility index (Phi) is 4.99. The summed E-state index contributed by atoms with van der Waals surface area (Å²) in [4.78, 5) is 40.2. The first kappa shape index (κ1) is 19.0. The lowest BCUT2D eigenvalue weighted by Crippen LogP contribution is -2.23. The zero-order valence-electron chi connectivity index (χ0n) is 15.2. The van der Waals surface area contributed by atoms with Crippen molar-refractivity contribution in [3.8, 4) is 0 Å². The molecule has 0 fully saturated rings. The quantitative estimate of drug-likeness (QED) is 0.387. The van der Waals surface area contributed by atoms with Crippen molar-refractivity contribution >= 4 is 52.0 Å². The monoisotopic (exact) mass is 425 g/mol. The lowest BCUT2D eigenvalue weighted by atomic mass is 10.1. The van der Waals surface area contributed by atoms with Gasteiger partial charge in [0, 0.05) is 6.54 Å². The van der Waals surface area contributed by atoms with Gasteiger partial charge in [0.1, 0.15) is 10.5 Å². The number of benzene rings is 2. The van der Waals surface area contributed by atoms with Gasteiger partial charge in [0.15, 0.2) is 3.95 Å². The van der Waals surface area contributed by atoms with E-state index < -0.39 is 5.97 Å². The number of methoxy groups -OCH3 is 1. The highest BCUT2D eigenvalue weighted by molar-refractivity contribution is 7.73. The number of aromatic amines is 1. The Balaban J connectivity index is 1.82. The third-order valence-electron chi connectivity index (χ3n) is 4.45. The second-order valence-electron chi connectivity index (χ2n) is 6.23. The van der Waals surface area contributed by atoms with Crippen molar-refractivity contribution in [2.24, 2.45) is 0 Å². The Morgan fingerprint density at radius 3 is 2.69 bits per heavy atom. The number of nitrogens with zero attached hydrogens (tertiary/aromatic N) is 1. The molecular weight excluding hydrogens is 410 g/mol. The molecule has 146 valence electrons. The van der Waals surface area contributed by atoms with Gasteiger partial charge < -0.3 is 15.0 Å². The fraction of sp³-hybridized carbons (Fsp3) is 0.100. The first-order valence-corrected chi connectivity index (χ1v) is 9.84. The van der Waals surface area contributed by atoms with Crippen LogP contribution in [0.4, 0.5) is 0 Å². The Hall–Kier alpha value is -3.30. The van der Waals surface area contributed by atoms with Gasteiger partial charge in [0.25, 0.3) is 11.5 Å². The zero-order chi connectivity index (χ0) is 20.5. The van der Waals surface area contributed by atoms with Crippen LogP contribution in [-0.4, -0.2) is 28.4 Å². The molecule has 4 aromatic rings. The van der Waals surface area contributed by atoms with E-state index in [0.717, 1.165) is 16.9 Å². The molecule has 2 aromatic carbocycles. The third-order valence-corrected chi connectivity index (χ3v) is 5.82. The van der Waals surface area contributed by atoms with Crippen molar-refractivity contribution in [3.63, 3.8) is 0 Å². The molecule has 0 unspecified atom stereocenters. The second-order valence-corrected chi connectivity index (χ2v) is 7.87. The number of amides is 1.